The first-order chi connectivity index (χ1) is 16.2. The average molecular weight is 500 g/mol. The summed E-state index contributed by atoms with van der Waals surface area (Å²) in [6.45, 7) is 3.77. The van der Waals surface area contributed by atoms with Crippen LogP contribution in [0.4, 0.5) is 13.2 Å². The molecule has 2 aromatic heterocycles. The van der Waals surface area contributed by atoms with Gasteiger partial charge in [0.2, 0.25) is 0 Å². The number of aromatic nitrogens is 2. The minimum atomic E-state index is -4.47. The largest absolute Gasteiger partial charge is 0.425 e. The fourth-order valence-electron chi connectivity index (χ4n) is 5.75. The van der Waals surface area contributed by atoms with E-state index in [1.54, 1.807) is 0 Å². The molecule has 6 nitrogen and oxygen atoms in total. The van der Waals surface area contributed by atoms with E-state index in [-0.39, 0.29) is 17.7 Å². The van der Waals surface area contributed by atoms with Crippen LogP contribution in [-0.2, 0) is 42.6 Å². The van der Waals surface area contributed by atoms with Crippen LogP contribution in [0.5, 0.6) is 0 Å². The summed E-state index contributed by atoms with van der Waals surface area (Å²) in [5, 5.41) is 24.5. The summed E-state index contributed by atoms with van der Waals surface area (Å²) >= 11 is 0.758. The fourth-order valence-corrected chi connectivity index (χ4v) is 7.16. The van der Waals surface area contributed by atoms with Crippen LogP contribution in [-0.4, -0.2) is 50.2 Å². The van der Waals surface area contributed by atoms with Crippen LogP contribution >= 0.6 is 11.3 Å². The standard InChI is InChI=1S/C24H32F3N3O3S/c1-15-9-23(21-18(5-8-33-23)19(14-31)22(34-21)24(25,26)27)6-7-29(15)11-16-10-28-30(12-16)13-20(32)17-3-2-4-17/h10,12,15,17,20,31-32H,2-9,11,13-14H2,1H3/t15-,20?,23+/m0/s1. The van der Waals surface area contributed by atoms with Crippen LogP contribution < -0.4 is 0 Å². The SMILES string of the molecule is C[C@H]1C[C@@]2(CCN1Cc1cnn(CC(O)C3CCC3)c1)OCCc1c2sc(C(F)(F)F)c1CO. The van der Waals surface area contributed by atoms with Gasteiger partial charge in [-0.2, -0.15) is 18.3 Å². The van der Waals surface area contributed by atoms with Crippen molar-refractivity contribution in [3.05, 3.63) is 38.8 Å². The summed E-state index contributed by atoms with van der Waals surface area (Å²) < 4.78 is 48.9. The highest BCUT2D eigenvalue weighted by Gasteiger charge is 2.48. The van der Waals surface area contributed by atoms with Crippen molar-refractivity contribution in [2.75, 3.05) is 13.2 Å². The normalized spacial score (nSPS) is 27.1. The second kappa shape index (κ2) is 9.20. The Kier molecular flexibility index (Phi) is 6.56. The lowest BCUT2D eigenvalue weighted by Crippen LogP contribution is -2.50. The highest BCUT2D eigenvalue weighted by molar-refractivity contribution is 7.12. The fraction of sp³-hybridized carbons (Fsp3) is 0.708. The number of halogens is 3. The summed E-state index contributed by atoms with van der Waals surface area (Å²) in [6.07, 6.45) is 3.97. The van der Waals surface area contributed by atoms with Gasteiger partial charge < -0.3 is 14.9 Å². The number of likely N-dealkylation sites (tertiary alicyclic amines) is 1. The molecule has 5 rings (SSSR count). The summed E-state index contributed by atoms with van der Waals surface area (Å²) in [4.78, 5) is 2.29. The van der Waals surface area contributed by atoms with Crippen LogP contribution in [0.25, 0.3) is 0 Å². The monoisotopic (exact) mass is 499 g/mol. The second-order valence-electron chi connectivity index (χ2n) is 10.1. The molecule has 2 aliphatic heterocycles. The Labute approximate surface area is 201 Å². The molecule has 1 aliphatic carbocycles. The van der Waals surface area contributed by atoms with Crippen molar-refractivity contribution in [2.24, 2.45) is 5.92 Å². The quantitative estimate of drug-likeness (QED) is 0.627. The van der Waals surface area contributed by atoms with E-state index in [2.05, 4.69) is 16.9 Å². The number of ether oxygens (including phenoxy) is 1. The third kappa shape index (κ3) is 4.43. The number of aliphatic hydroxyl groups is 2. The average Bonchev–Trinajstić information content (AvgIpc) is 3.33. The third-order valence-corrected chi connectivity index (χ3v) is 9.37. The lowest BCUT2D eigenvalue weighted by Gasteiger charge is -2.47. The topological polar surface area (TPSA) is 70.8 Å². The molecule has 3 aliphatic rings. The summed E-state index contributed by atoms with van der Waals surface area (Å²) in [5.41, 5.74) is 1.00. The minimum Gasteiger partial charge on any atom is -0.392 e. The molecule has 1 saturated heterocycles. The molecule has 1 spiro atoms. The number of nitrogens with zero attached hydrogens (tertiary/aromatic N) is 3. The molecule has 2 N–H and O–H groups in total. The smallest absolute Gasteiger partial charge is 0.392 e. The van der Waals surface area contributed by atoms with Gasteiger partial charge in [-0.1, -0.05) is 6.42 Å². The zero-order chi connectivity index (χ0) is 24.1. The van der Waals surface area contributed by atoms with E-state index in [4.69, 9.17) is 4.74 Å². The summed E-state index contributed by atoms with van der Waals surface area (Å²) in [5.74, 6) is 0.382. The van der Waals surface area contributed by atoms with Gasteiger partial charge in [-0.25, -0.2) is 0 Å². The Morgan fingerprint density at radius 2 is 2.15 bits per heavy atom. The number of thiophene rings is 1. The molecule has 0 bridgehead atoms. The Morgan fingerprint density at radius 3 is 2.79 bits per heavy atom. The van der Waals surface area contributed by atoms with Crippen LogP contribution in [0.2, 0.25) is 0 Å². The van der Waals surface area contributed by atoms with Gasteiger partial charge in [-0.15, -0.1) is 11.3 Å². The van der Waals surface area contributed by atoms with Crippen molar-refractivity contribution in [3.63, 3.8) is 0 Å². The molecule has 0 radical (unpaired) electrons. The van der Waals surface area contributed by atoms with Gasteiger partial charge in [0.25, 0.3) is 0 Å². The van der Waals surface area contributed by atoms with Gasteiger partial charge in [0.05, 0.1) is 32.1 Å². The molecular weight excluding hydrogens is 467 g/mol. The molecule has 4 heterocycles. The Bertz CT molecular complexity index is 1020. The van der Waals surface area contributed by atoms with Crippen LogP contribution in [0.3, 0.4) is 0 Å². The number of hydrogen-bond donors (Lipinski definition) is 2. The highest BCUT2D eigenvalue weighted by atomic mass is 32.1. The predicted molar refractivity (Wildman–Crippen MR) is 121 cm³/mol. The zero-order valence-corrected chi connectivity index (χ0v) is 20.2. The first-order valence-electron chi connectivity index (χ1n) is 12.1. The maximum absolute atomic E-state index is 13.6. The van der Waals surface area contributed by atoms with Crippen molar-refractivity contribution in [1.29, 1.82) is 0 Å². The highest BCUT2D eigenvalue weighted by Crippen LogP contribution is 2.51. The first kappa shape index (κ1) is 24.2. The van der Waals surface area contributed by atoms with Gasteiger partial charge in [-0.3, -0.25) is 9.58 Å². The van der Waals surface area contributed by atoms with Crippen LogP contribution in [0.15, 0.2) is 12.4 Å². The number of hydrogen-bond acceptors (Lipinski definition) is 6. The Morgan fingerprint density at radius 1 is 1.35 bits per heavy atom. The van der Waals surface area contributed by atoms with Crippen LogP contribution in [0, 0.1) is 5.92 Å². The molecular formula is C24H32F3N3O3S. The van der Waals surface area contributed by atoms with Gasteiger partial charge in [0.1, 0.15) is 10.5 Å². The maximum atomic E-state index is 13.6. The zero-order valence-electron chi connectivity index (χ0n) is 19.4. The summed E-state index contributed by atoms with van der Waals surface area (Å²) in [6, 6.07) is 0.109. The lowest BCUT2D eigenvalue weighted by molar-refractivity contribution is -0.135. The molecule has 0 aromatic carbocycles. The third-order valence-electron chi connectivity index (χ3n) is 7.87. The van der Waals surface area contributed by atoms with Gasteiger partial charge in [0.15, 0.2) is 0 Å². The van der Waals surface area contributed by atoms with Crippen molar-refractivity contribution in [3.8, 4) is 0 Å². The number of fused-ring (bicyclic) bond motifs is 2. The number of rotatable bonds is 6. The van der Waals surface area contributed by atoms with E-state index in [0.717, 1.165) is 29.7 Å². The van der Waals surface area contributed by atoms with E-state index in [9.17, 15) is 23.4 Å². The van der Waals surface area contributed by atoms with Crippen molar-refractivity contribution < 1.29 is 28.1 Å². The lowest BCUT2D eigenvalue weighted by atomic mass is 9.81. The molecule has 34 heavy (non-hydrogen) atoms. The molecule has 3 atom stereocenters. The Hall–Kier alpha value is -1.46. The number of alkyl halides is 3. The van der Waals surface area contributed by atoms with E-state index < -0.39 is 23.3 Å². The summed E-state index contributed by atoms with van der Waals surface area (Å²) in [7, 11) is 0. The first-order valence-corrected chi connectivity index (χ1v) is 12.9. The molecule has 188 valence electrons. The van der Waals surface area contributed by atoms with E-state index in [1.165, 1.54) is 6.42 Å². The Balaban J connectivity index is 1.28. The van der Waals surface area contributed by atoms with E-state index in [0.29, 0.717) is 61.9 Å². The minimum absolute atomic E-state index is 0.0294. The molecule has 0 amide bonds. The molecule has 1 unspecified atom stereocenters. The second-order valence-corrected chi connectivity index (χ2v) is 11.1. The molecule has 2 fully saturated rings. The van der Waals surface area contributed by atoms with E-state index >= 15 is 0 Å². The van der Waals surface area contributed by atoms with Crippen LogP contribution in [0.1, 0.15) is 65.5 Å². The van der Waals surface area contributed by atoms with Gasteiger partial charge >= 0.3 is 6.18 Å². The van der Waals surface area contributed by atoms with Crippen molar-refractivity contribution in [2.45, 2.75) is 89.1 Å². The predicted octanol–water partition coefficient (Wildman–Crippen LogP) is 4.07. The van der Waals surface area contributed by atoms with Crippen molar-refractivity contribution >= 4 is 11.3 Å². The van der Waals surface area contributed by atoms with Crippen molar-refractivity contribution in [1.82, 2.24) is 14.7 Å². The molecule has 10 heteroatoms. The van der Waals surface area contributed by atoms with E-state index in [1.807, 2.05) is 17.1 Å². The molecule has 1 saturated carbocycles. The maximum Gasteiger partial charge on any atom is 0.425 e. The molecule has 2 aromatic rings. The number of aliphatic hydroxyl groups excluding tert-OH is 2. The van der Waals surface area contributed by atoms with Gasteiger partial charge in [0, 0.05) is 41.3 Å². The van der Waals surface area contributed by atoms with Gasteiger partial charge in [-0.05, 0) is 50.5 Å². The number of piperidine rings is 1.